The summed E-state index contributed by atoms with van der Waals surface area (Å²) in [6, 6.07) is 5.29. The lowest BCUT2D eigenvalue weighted by Crippen LogP contribution is -2.23. The average Bonchev–Trinajstić information content (AvgIpc) is 2.64. The molecule has 1 heterocycles. The van der Waals surface area contributed by atoms with E-state index in [9.17, 15) is 4.79 Å². The van der Waals surface area contributed by atoms with E-state index in [1.807, 2.05) is 32.5 Å². The number of carbonyl (C=O) groups is 1. The summed E-state index contributed by atoms with van der Waals surface area (Å²) in [6.45, 7) is 6.31. The zero-order valence-electron chi connectivity index (χ0n) is 12.3. The van der Waals surface area contributed by atoms with Crippen molar-refractivity contribution in [3.05, 3.63) is 46.3 Å². The first-order valence-electron chi connectivity index (χ1n) is 6.53. The predicted octanol–water partition coefficient (Wildman–Crippen LogP) is 1.86. The highest BCUT2D eigenvalue weighted by Gasteiger charge is 2.12. The molecule has 5 nitrogen and oxygen atoms in total. The summed E-state index contributed by atoms with van der Waals surface area (Å²) >= 11 is 0. The van der Waals surface area contributed by atoms with Gasteiger partial charge in [0.05, 0.1) is 5.69 Å². The topological polar surface area (TPSA) is 72.9 Å². The van der Waals surface area contributed by atoms with Crippen molar-refractivity contribution in [1.29, 1.82) is 0 Å². The van der Waals surface area contributed by atoms with Crippen molar-refractivity contribution in [2.45, 2.75) is 27.3 Å². The first-order valence-corrected chi connectivity index (χ1v) is 6.53. The molecule has 1 aromatic heterocycles. The summed E-state index contributed by atoms with van der Waals surface area (Å²) in [7, 11) is 1.90. The van der Waals surface area contributed by atoms with Crippen molar-refractivity contribution in [3.8, 4) is 0 Å². The molecule has 0 aliphatic heterocycles. The fourth-order valence-electron chi connectivity index (χ4n) is 2.16. The number of rotatable bonds is 3. The van der Waals surface area contributed by atoms with Gasteiger partial charge in [-0.15, -0.1) is 0 Å². The van der Waals surface area contributed by atoms with Crippen molar-refractivity contribution in [2.75, 3.05) is 5.73 Å². The van der Waals surface area contributed by atoms with E-state index in [0.717, 1.165) is 22.5 Å². The number of aryl methyl sites for hydroxylation is 3. The molecule has 1 aromatic carbocycles. The van der Waals surface area contributed by atoms with E-state index in [-0.39, 0.29) is 5.91 Å². The lowest BCUT2D eigenvalue weighted by atomic mass is 10.1. The average molecular weight is 272 g/mol. The molecule has 0 saturated heterocycles. The smallest absolute Gasteiger partial charge is 0.251 e. The molecule has 3 N–H and O–H groups in total. The highest BCUT2D eigenvalue weighted by Crippen LogP contribution is 2.14. The van der Waals surface area contributed by atoms with E-state index in [1.54, 1.807) is 18.2 Å². The quantitative estimate of drug-likeness (QED) is 0.838. The third-order valence-corrected chi connectivity index (χ3v) is 3.62. The highest BCUT2D eigenvalue weighted by atomic mass is 16.1. The molecule has 1 amide bonds. The van der Waals surface area contributed by atoms with Gasteiger partial charge < -0.3 is 11.1 Å². The molecule has 0 aliphatic carbocycles. The van der Waals surface area contributed by atoms with Crippen molar-refractivity contribution in [3.63, 3.8) is 0 Å². The summed E-state index contributed by atoms with van der Waals surface area (Å²) in [4.78, 5) is 12.1. The minimum absolute atomic E-state index is 0.101. The fourth-order valence-corrected chi connectivity index (χ4v) is 2.16. The maximum absolute atomic E-state index is 12.1. The van der Waals surface area contributed by atoms with E-state index >= 15 is 0 Å². The second-order valence-electron chi connectivity index (χ2n) is 5.03. The number of hydrogen-bond acceptors (Lipinski definition) is 3. The molecule has 0 atom stereocenters. The fraction of sp³-hybridized carbons (Fsp3) is 0.333. The van der Waals surface area contributed by atoms with Crippen LogP contribution in [0.25, 0.3) is 0 Å². The van der Waals surface area contributed by atoms with Gasteiger partial charge in [0.25, 0.3) is 5.91 Å². The van der Waals surface area contributed by atoms with E-state index < -0.39 is 0 Å². The minimum atomic E-state index is -0.101. The minimum Gasteiger partial charge on any atom is -0.399 e. The molecule has 2 aromatic rings. The lowest BCUT2D eigenvalue weighted by molar-refractivity contribution is 0.0951. The molecular formula is C15H20N4O. The zero-order valence-corrected chi connectivity index (χ0v) is 12.3. The van der Waals surface area contributed by atoms with Gasteiger partial charge in [-0.25, -0.2) is 0 Å². The van der Waals surface area contributed by atoms with Gasteiger partial charge in [-0.2, -0.15) is 5.10 Å². The number of hydrogen-bond donors (Lipinski definition) is 2. The zero-order chi connectivity index (χ0) is 14.9. The Morgan fingerprint density at radius 1 is 1.35 bits per heavy atom. The molecule has 106 valence electrons. The standard InChI is InChI=1S/C15H20N4O/c1-9-7-12(5-6-14(9)16)15(20)17-8-13-10(2)18-19(4)11(13)3/h5-7H,8,16H2,1-4H3,(H,17,20). The molecule has 0 aliphatic rings. The maximum Gasteiger partial charge on any atom is 0.251 e. The molecule has 0 fully saturated rings. The van der Waals surface area contributed by atoms with Crippen LogP contribution in [0.5, 0.6) is 0 Å². The largest absolute Gasteiger partial charge is 0.399 e. The van der Waals surface area contributed by atoms with E-state index in [2.05, 4.69) is 10.4 Å². The highest BCUT2D eigenvalue weighted by molar-refractivity contribution is 5.94. The van der Waals surface area contributed by atoms with Crippen LogP contribution in [0.3, 0.4) is 0 Å². The van der Waals surface area contributed by atoms with Gasteiger partial charge in [-0.1, -0.05) is 0 Å². The Labute approximate surface area is 118 Å². The molecule has 0 spiro atoms. The van der Waals surface area contributed by atoms with Crippen LogP contribution in [0.15, 0.2) is 18.2 Å². The van der Waals surface area contributed by atoms with E-state index in [4.69, 9.17) is 5.73 Å². The van der Waals surface area contributed by atoms with Crippen molar-refractivity contribution >= 4 is 11.6 Å². The number of carbonyl (C=O) groups excluding carboxylic acids is 1. The predicted molar refractivity (Wildman–Crippen MR) is 79.4 cm³/mol. The van der Waals surface area contributed by atoms with Crippen LogP contribution < -0.4 is 11.1 Å². The Balaban J connectivity index is 2.10. The normalized spacial score (nSPS) is 10.6. The number of nitrogens with two attached hydrogens (primary N) is 1. The summed E-state index contributed by atoms with van der Waals surface area (Å²) in [5.41, 5.74) is 11.1. The molecular weight excluding hydrogens is 252 g/mol. The third-order valence-electron chi connectivity index (χ3n) is 3.62. The number of amides is 1. The SMILES string of the molecule is Cc1cc(C(=O)NCc2c(C)nn(C)c2C)ccc1N. The Morgan fingerprint density at radius 3 is 2.60 bits per heavy atom. The third kappa shape index (κ3) is 2.66. The molecule has 0 bridgehead atoms. The number of benzene rings is 1. The van der Waals surface area contributed by atoms with Gasteiger partial charge in [0.2, 0.25) is 0 Å². The van der Waals surface area contributed by atoms with E-state index in [0.29, 0.717) is 17.8 Å². The van der Waals surface area contributed by atoms with Crippen LogP contribution in [0.1, 0.15) is 32.9 Å². The molecule has 20 heavy (non-hydrogen) atoms. The van der Waals surface area contributed by atoms with E-state index in [1.165, 1.54) is 0 Å². The number of nitrogen functional groups attached to an aromatic ring is 1. The first kappa shape index (κ1) is 14.1. The second-order valence-corrected chi connectivity index (χ2v) is 5.03. The number of nitrogens with zero attached hydrogens (tertiary/aromatic N) is 2. The number of anilines is 1. The molecule has 0 saturated carbocycles. The number of aromatic nitrogens is 2. The van der Waals surface area contributed by atoms with Gasteiger partial charge in [-0.3, -0.25) is 9.48 Å². The Bertz CT molecular complexity index is 658. The van der Waals surface area contributed by atoms with Gasteiger partial charge in [0.1, 0.15) is 0 Å². The Kier molecular flexibility index (Phi) is 3.79. The maximum atomic E-state index is 12.1. The molecule has 5 heteroatoms. The summed E-state index contributed by atoms with van der Waals surface area (Å²) in [6.07, 6.45) is 0. The Morgan fingerprint density at radius 2 is 2.05 bits per heavy atom. The monoisotopic (exact) mass is 272 g/mol. The second kappa shape index (κ2) is 5.36. The van der Waals surface area contributed by atoms with Crippen molar-refractivity contribution in [2.24, 2.45) is 7.05 Å². The molecule has 0 unspecified atom stereocenters. The summed E-state index contributed by atoms with van der Waals surface area (Å²) in [5, 5.41) is 7.26. The van der Waals surface area contributed by atoms with Crippen LogP contribution in [-0.2, 0) is 13.6 Å². The van der Waals surface area contributed by atoms with Crippen LogP contribution in [0.4, 0.5) is 5.69 Å². The van der Waals surface area contributed by atoms with Gasteiger partial charge >= 0.3 is 0 Å². The van der Waals surface area contributed by atoms with Crippen LogP contribution in [0.2, 0.25) is 0 Å². The lowest BCUT2D eigenvalue weighted by Gasteiger charge is -2.07. The summed E-state index contributed by atoms with van der Waals surface area (Å²) < 4.78 is 1.82. The van der Waals surface area contributed by atoms with Crippen LogP contribution >= 0.6 is 0 Å². The molecule has 0 radical (unpaired) electrons. The number of nitrogens with one attached hydrogen (secondary N) is 1. The van der Waals surface area contributed by atoms with Gasteiger partial charge in [0.15, 0.2) is 0 Å². The van der Waals surface area contributed by atoms with Crippen LogP contribution in [-0.4, -0.2) is 15.7 Å². The van der Waals surface area contributed by atoms with Crippen molar-refractivity contribution < 1.29 is 4.79 Å². The molecule has 2 rings (SSSR count). The first-order chi connectivity index (χ1) is 9.40. The summed E-state index contributed by atoms with van der Waals surface area (Å²) in [5.74, 6) is -0.101. The van der Waals surface area contributed by atoms with Crippen LogP contribution in [0, 0.1) is 20.8 Å². The van der Waals surface area contributed by atoms with Gasteiger partial charge in [-0.05, 0) is 44.5 Å². The van der Waals surface area contributed by atoms with Gasteiger partial charge in [0, 0.05) is 36.1 Å². The van der Waals surface area contributed by atoms with Crippen molar-refractivity contribution in [1.82, 2.24) is 15.1 Å². The Hall–Kier alpha value is -2.30.